The maximum atomic E-state index is 11.9. The van der Waals surface area contributed by atoms with Gasteiger partial charge in [0.1, 0.15) is 5.58 Å². The fraction of sp³-hybridized carbons (Fsp3) is 0.0500. The number of hydrogen-bond donors (Lipinski definition) is 1. The van der Waals surface area contributed by atoms with E-state index in [0.717, 1.165) is 27.4 Å². The van der Waals surface area contributed by atoms with Gasteiger partial charge in [0.2, 0.25) is 0 Å². The fourth-order valence-electron chi connectivity index (χ4n) is 2.87. The summed E-state index contributed by atoms with van der Waals surface area (Å²) in [5.41, 5.74) is 2.60. The molecular formula is C20H14ClNO2. The molecule has 1 aromatic heterocycles. The first-order valence-electron chi connectivity index (χ1n) is 7.60. The first-order valence-corrected chi connectivity index (χ1v) is 7.98. The second-order valence-corrected chi connectivity index (χ2v) is 6.14. The number of nitrogens with one attached hydrogen (secondary N) is 1. The van der Waals surface area contributed by atoms with Crippen LogP contribution in [0.2, 0.25) is 5.02 Å². The molecule has 1 N–H and O–H groups in total. The molecule has 0 radical (unpaired) electrons. The van der Waals surface area contributed by atoms with Crippen LogP contribution in [0, 0.1) is 6.92 Å². The van der Waals surface area contributed by atoms with E-state index in [4.69, 9.17) is 16.0 Å². The van der Waals surface area contributed by atoms with Crippen LogP contribution in [0.3, 0.4) is 0 Å². The van der Waals surface area contributed by atoms with Gasteiger partial charge in [-0.15, -0.1) is 0 Å². The molecule has 0 aliphatic rings. The molecule has 4 aromatic rings. The van der Waals surface area contributed by atoms with Crippen LogP contribution in [0.5, 0.6) is 0 Å². The number of aryl methyl sites for hydroxylation is 1. The standard InChI is InChI=1S/C20H14ClNO2/c1-12-9-19-15(10-16(12)21)18(11-20(23)24-19)22-17-8-4-6-13-5-2-3-7-14(13)17/h2-11,22H,1H3. The Morgan fingerprint density at radius 2 is 1.71 bits per heavy atom. The molecule has 0 spiro atoms. The second-order valence-electron chi connectivity index (χ2n) is 5.73. The van der Waals surface area contributed by atoms with E-state index in [0.29, 0.717) is 16.3 Å². The molecule has 3 aromatic carbocycles. The van der Waals surface area contributed by atoms with Gasteiger partial charge < -0.3 is 9.73 Å². The van der Waals surface area contributed by atoms with Crippen molar-refractivity contribution in [3.8, 4) is 0 Å². The van der Waals surface area contributed by atoms with Crippen LogP contribution < -0.4 is 10.9 Å². The van der Waals surface area contributed by atoms with Gasteiger partial charge in [0.15, 0.2) is 0 Å². The van der Waals surface area contributed by atoms with E-state index in [2.05, 4.69) is 17.4 Å². The van der Waals surface area contributed by atoms with Gasteiger partial charge in [-0.25, -0.2) is 4.79 Å². The Balaban J connectivity index is 1.93. The number of fused-ring (bicyclic) bond motifs is 2. The van der Waals surface area contributed by atoms with Crippen LogP contribution in [0.15, 0.2) is 69.9 Å². The maximum Gasteiger partial charge on any atom is 0.338 e. The molecule has 0 saturated heterocycles. The Hall–Kier alpha value is -2.78. The third kappa shape index (κ3) is 2.53. The van der Waals surface area contributed by atoms with Crippen LogP contribution in [0.1, 0.15) is 5.56 Å². The highest BCUT2D eigenvalue weighted by Gasteiger charge is 2.10. The lowest BCUT2D eigenvalue weighted by molar-refractivity contribution is 0.561. The molecular weight excluding hydrogens is 322 g/mol. The Bertz CT molecular complexity index is 1130. The Morgan fingerprint density at radius 3 is 2.58 bits per heavy atom. The molecule has 0 saturated carbocycles. The summed E-state index contributed by atoms with van der Waals surface area (Å²) in [6.07, 6.45) is 0. The third-order valence-corrected chi connectivity index (χ3v) is 4.49. The summed E-state index contributed by atoms with van der Waals surface area (Å²) in [6, 6.07) is 19.2. The maximum absolute atomic E-state index is 11.9. The van der Waals surface area contributed by atoms with E-state index < -0.39 is 5.63 Å². The average molecular weight is 336 g/mol. The predicted octanol–water partition coefficient (Wildman–Crippen LogP) is 5.65. The van der Waals surface area contributed by atoms with Gasteiger partial charge >= 0.3 is 5.63 Å². The molecule has 0 atom stereocenters. The summed E-state index contributed by atoms with van der Waals surface area (Å²) in [5, 5.41) is 6.98. The van der Waals surface area contributed by atoms with Gasteiger partial charge in [0, 0.05) is 27.5 Å². The van der Waals surface area contributed by atoms with Crippen molar-refractivity contribution < 1.29 is 4.42 Å². The second kappa shape index (κ2) is 5.69. The van der Waals surface area contributed by atoms with Crippen LogP contribution in [-0.4, -0.2) is 0 Å². The average Bonchev–Trinajstić information content (AvgIpc) is 2.57. The molecule has 0 aliphatic heterocycles. The lowest BCUT2D eigenvalue weighted by atomic mass is 10.1. The Morgan fingerprint density at radius 1 is 0.917 bits per heavy atom. The minimum absolute atomic E-state index is 0.396. The topological polar surface area (TPSA) is 42.2 Å². The highest BCUT2D eigenvalue weighted by Crippen LogP contribution is 2.32. The smallest absolute Gasteiger partial charge is 0.338 e. The number of benzene rings is 3. The van der Waals surface area contributed by atoms with Crippen LogP contribution >= 0.6 is 11.6 Å². The molecule has 24 heavy (non-hydrogen) atoms. The van der Waals surface area contributed by atoms with Gasteiger partial charge in [-0.2, -0.15) is 0 Å². The number of hydrogen-bond acceptors (Lipinski definition) is 3. The van der Waals surface area contributed by atoms with Crippen molar-refractivity contribution in [3.63, 3.8) is 0 Å². The molecule has 0 unspecified atom stereocenters. The van der Waals surface area contributed by atoms with Crippen molar-refractivity contribution in [2.45, 2.75) is 6.92 Å². The SMILES string of the molecule is Cc1cc2oc(=O)cc(Nc3cccc4ccccc34)c2cc1Cl. The molecule has 0 amide bonds. The molecule has 118 valence electrons. The van der Waals surface area contributed by atoms with Gasteiger partial charge in [-0.05, 0) is 36.1 Å². The summed E-state index contributed by atoms with van der Waals surface area (Å²) in [5.74, 6) is 0. The first kappa shape index (κ1) is 14.8. The van der Waals surface area contributed by atoms with Crippen molar-refractivity contribution in [1.82, 2.24) is 0 Å². The zero-order chi connectivity index (χ0) is 16.7. The number of halogens is 1. The lowest BCUT2D eigenvalue weighted by Gasteiger charge is -2.12. The summed E-state index contributed by atoms with van der Waals surface area (Å²) in [7, 11) is 0. The van der Waals surface area contributed by atoms with E-state index in [-0.39, 0.29) is 0 Å². The summed E-state index contributed by atoms with van der Waals surface area (Å²) >= 11 is 6.25. The zero-order valence-electron chi connectivity index (χ0n) is 13.0. The van der Waals surface area contributed by atoms with Crippen LogP contribution in [-0.2, 0) is 0 Å². The van der Waals surface area contributed by atoms with Crippen molar-refractivity contribution in [2.24, 2.45) is 0 Å². The van der Waals surface area contributed by atoms with Crippen molar-refractivity contribution in [3.05, 3.63) is 81.7 Å². The van der Waals surface area contributed by atoms with E-state index in [1.54, 1.807) is 6.07 Å². The molecule has 4 heteroatoms. The Kier molecular flexibility index (Phi) is 3.51. The van der Waals surface area contributed by atoms with Gasteiger partial charge in [-0.3, -0.25) is 0 Å². The largest absolute Gasteiger partial charge is 0.423 e. The first-order chi connectivity index (χ1) is 11.6. The monoisotopic (exact) mass is 335 g/mol. The van der Waals surface area contributed by atoms with E-state index in [9.17, 15) is 4.79 Å². The third-order valence-electron chi connectivity index (χ3n) is 4.08. The van der Waals surface area contributed by atoms with Gasteiger partial charge in [0.25, 0.3) is 0 Å². The quantitative estimate of drug-likeness (QED) is 0.481. The minimum Gasteiger partial charge on any atom is -0.423 e. The van der Waals surface area contributed by atoms with Crippen molar-refractivity contribution in [1.29, 1.82) is 0 Å². The molecule has 0 aliphatic carbocycles. The zero-order valence-corrected chi connectivity index (χ0v) is 13.7. The molecule has 1 heterocycles. The highest BCUT2D eigenvalue weighted by atomic mass is 35.5. The summed E-state index contributed by atoms with van der Waals surface area (Å²) < 4.78 is 5.31. The number of anilines is 2. The minimum atomic E-state index is -0.396. The van der Waals surface area contributed by atoms with Crippen molar-refractivity contribution in [2.75, 3.05) is 5.32 Å². The summed E-state index contributed by atoms with van der Waals surface area (Å²) in [6.45, 7) is 1.88. The van der Waals surface area contributed by atoms with Crippen LogP contribution in [0.4, 0.5) is 11.4 Å². The van der Waals surface area contributed by atoms with E-state index in [1.165, 1.54) is 6.07 Å². The van der Waals surface area contributed by atoms with E-state index >= 15 is 0 Å². The molecule has 3 nitrogen and oxygen atoms in total. The molecule has 0 bridgehead atoms. The number of rotatable bonds is 2. The van der Waals surface area contributed by atoms with Gasteiger partial charge in [0.05, 0.1) is 5.69 Å². The molecule has 4 rings (SSSR count). The molecule has 0 fully saturated rings. The van der Waals surface area contributed by atoms with E-state index in [1.807, 2.05) is 43.3 Å². The summed E-state index contributed by atoms with van der Waals surface area (Å²) in [4.78, 5) is 11.9. The highest BCUT2D eigenvalue weighted by molar-refractivity contribution is 6.32. The normalized spacial score (nSPS) is 11.1. The van der Waals surface area contributed by atoms with Gasteiger partial charge in [-0.1, -0.05) is 48.0 Å². The predicted molar refractivity (Wildman–Crippen MR) is 99.5 cm³/mol. The Labute approximate surface area is 143 Å². The van der Waals surface area contributed by atoms with Crippen LogP contribution in [0.25, 0.3) is 21.7 Å². The fourth-order valence-corrected chi connectivity index (χ4v) is 3.03. The van der Waals surface area contributed by atoms with Crippen molar-refractivity contribution >= 4 is 44.7 Å². The lowest BCUT2D eigenvalue weighted by Crippen LogP contribution is -2.01.